The summed E-state index contributed by atoms with van der Waals surface area (Å²) >= 11 is 3.38. The lowest BCUT2D eigenvalue weighted by atomic mass is 9.78. The number of halogens is 1. The smallest absolute Gasteiger partial charge is 0.303 e. The third kappa shape index (κ3) is 3.32. The first-order valence-electron chi connectivity index (χ1n) is 5.06. The maximum absolute atomic E-state index is 10.8. The summed E-state index contributed by atoms with van der Waals surface area (Å²) in [4.78, 5) is 10.8. The molecule has 0 saturated carbocycles. The van der Waals surface area contributed by atoms with E-state index in [1.54, 1.807) is 0 Å². The minimum atomic E-state index is -0.824. The molecule has 88 valence electrons. The molecular formula is C12H16BrNO2. The molecule has 1 aromatic carbocycles. The lowest BCUT2D eigenvalue weighted by Gasteiger charge is -2.30. The standard InChI is InChI=1S/C12H16BrNO2/c1-12(2,7-10(15)16)11(14)8-4-3-5-9(13)6-8/h3-6,11H,7,14H2,1-2H3,(H,15,16). The molecule has 3 nitrogen and oxygen atoms in total. The van der Waals surface area contributed by atoms with Crippen molar-refractivity contribution in [1.29, 1.82) is 0 Å². The van der Waals surface area contributed by atoms with Crippen LogP contribution in [0.1, 0.15) is 31.9 Å². The Morgan fingerprint density at radius 3 is 2.69 bits per heavy atom. The molecule has 0 aliphatic rings. The van der Waals surface area contributed by atoms with E-state index in [1.807, 2.05) is 38.1 Å². The Bertz CT molecular complexity index is 390. The highest BCUT2D eigenvalue weighted by molar-refractivity contribution is 9.10. The lowest BCUT2D eigenvalue weighted by molar-refractivity contribution is -0.139. The fourth-order valence-electron chi connectivity index (χ4n) is 1.65. The molecule has 1 atom stereocenters. The summed E-state index contributed by atoms with van der Waals surface area (Å²) in [6.45, 7) is 3.74. The normalized spacial score (nSPS) is 13.5. The Kier molecular flexibility index (Phi) is 4.10. The van der Waals surface area contributed by atoms with E-state index in [1.165, 1.54) is 0 Å². The predicted molar refractivity (Wildman–Crippen MR) is 67.1 cm³/mol. The van der Waals surface area contributed by atoms with Gasteiger partial charge in [-0.2, -0.15) is 0 Å². The summed E-state index contributed by atoms with van der Waals surface area (Å²) in [6.07, 6.45) is 0.0562. The van der Waals surface area contributed by atoms with Crippen LogP contribution in [0.5, 0.6) is 0 Å². The first kappa shape index (κ1) is 13.2. The molecule has 0 aliphatic carbocycles. The first-order valence-corrected chi connectivity index (χ1v) is 5.85. The van der Waals surface area contributed by atoms with Gasteiger partial charge < -0.3 is 10.8 Å². The van der Waals surface area contributed by atoms with Crippen LogP contribution >= 0.6 is 15.9 Å². The summed E-state index contributed by atoms with van der Waals surface area (Å²) in [5.74, 6) is -0.824. The topological polar surface area (TPSA) is 63.3 Å². The molecular weight excluding hydrogens is 270 g/mol. The van der Waals surface area contributed by atoms with Crippen LogP contribution in [-0.2, 0) is 4.79 Å². The van der Waals surface area contributed by atoms with Gasteiger partial charge in [0.1, 0.15) is 0 Å². The lowest BCUT2D eigenvalue weighted by Crippen LogP contribution is -2.31. The van der Waals surface area contributed by atoms with Crippen molar-refractivity contribution in [1.82, 2.24) is 0 Å². The number of carboxylic acids is 1. The van der Waals surface area contributed by atoms with E-state index in [2.05, 4.69) is 15.9 Å². The maximum Gasteiger partial charge on any atom is 0.303 e. The second-order valence-corrected chi connectivity index (χ2v) is 5.51. The summed E-state index contributed by atoms with van der Waals surface area (Å²) < 4.78 is 0.951. The Balaban J connectivity index is 2.92. The van der Waals surface area contributed by atoms with Crippen molar-refractivity contribution in [2.24, 2.45) is 11.1 Å². The van der Waals surface area contributed by atoms with Gasteiger partial charge in [-0.1, -0.05) is 41.9 Å². The molecule has 0 amide bonds. The molecule has 1 aromatic rings. The predicted octanol–water partition coefficient (Wildman–Crippen LogP) is 2.95. The zero-order chi connectivity index (χ0) is 12.3. The third-order valence-electron chi connectivity index (χ3n) is 2.66. The Morgan fingerprint density at radius 2 is 2.19 bits per heavy atom. The molecule has 0 fully saturated rings. The molecule has 16 heavy (non-hydrogen) atoms. The minimum Gasteiger partial charge on any atom is -0.481 e. The van der Waals surface area contributed by atoms with E-state index < -0.39 is 11.4 Å². The van der Waals surface area contributed by atoms with Crippen molar-refractivity contribution in [3.05, 3.63) is 34.3 Å². The van der Waals surface area contributed by atoms with Crippen molar-refractivity contribution in [3.63, 3.8) is 0 Å². The number of hydrogen-bond acceptors (Lipinski definition) is 2. The van der Waals surface area contributed by atoms with Gasteiger partial charge >= 0.3 is 5.97 Å². The van der Waals surface area contributed by atoms with Gasteiger partial charge in [-0.25, -0.2) is 0 Å². The Hall–Kier alpha value is -0.870. The fourth-order valence-corrected chi connectivity index (χ4v) is 2.07. The molecule has 1 rings (SSSR count). The third-order valence-corrected chi connectivity index (χ3v) is 3.15. The molecule has 0 aliphatic heterocycles. The minimum absolute atomic E-state index is 0.0562. The molecule has 0 bridgehead atoms. The van der Waals surface area contributed by atoms with Crippen LogP contribution in [0.2, 0.25) is 0 Å². The van der Waals surface area contributed by atoms with Crippen molar-refractivity contribution in [3.8, 4) is 0 Å². The van der Waals surface area contributed by atoms with Gasteiger partial charge in [-0.15, -0.1) is 0 Å². The van der Waals surface area contributed by atoms with E-state index in [9.17, 15) is 4.79 Å². The van der Waals surface area contributed by atoms with Crippen LogP contribution < -0.4 is 5.73 Å². The molecule has 0 heterocycles. The quantitative estimate of drug-likeness (QED) is 0.894. The SMILES string of the molecule is CC(C)(CC(=O)O)C(N)c1cccc(Br)c1. The van der Waals surface area contributed by atoms with Crippen molar-refractivity contribution in [2.45, 2.75) is 26.3 Å². The number of carboxylic acid groups (broad SMARTS) is 1. The summed E-state index contributed by atoms with van der Waals surface area (Å²) in [5, 5.41) is 8.83. The molecule has 0 aromatic heterocycles. The van der Waals surface area contributed by atoms with Gasteiger partial charge in [0.05, 0.1) is 6.42 Å². The van der Waals surface area contributed by atoms with Crippen LogP contribution in [0.4, 0.5) is 0 Å². The zero-order valence-electron chi connectivity index (χ0n) is 9.40. The van der Waals surface area contributed by atoms with Gasteiger partial charge in [-0.3, -0.25) is 4.79 Å². The van der Waals surface area contributed by atoms with Crippen molar-refractivity contribution >= 4 is 21.9 Å². The maximum atomic E-state index is 10.8. The highest BCUT2D eigenvalue weighted by Gasteiger charge is 2.30. The molecule has 4 heteroatoms. The second-order valence-electron chi connectivity index (χ2n) is 4.59. The zero-order valence-corrected chi connectivity index (χ0v) is 11.0. The van der Waals surface area contributed by atoms with Crippen LogP contribution in [0, 0.1) is 5.41 Å². The van der Waals surface area contributed by atoms with E-state index in [0.717, 1.165) is 10.0 Å². The number of nitrogens with two attached hydrogens (primary N) is 1. The Labute approximate surface area is 104 Å². The second kappa shape index (κ2) is 4.97. The van der Waals surface area contributed by atoms with E-state index in [0.29, 0.717) is 0 Å². The van der Waals surface area contributed by atoms with Gasteiger partial charge in [-0.05, 0) is 23.1 Å². The molecule has 1 unspecified atom stereocenters. The summed E-state index contributed by atoms with van der Waals surface area (Å²) in [5.41, 5.74) is 6.59. The number of benzene rings is 1. The van der Waals surface area contributed by atoms with Crippen LogP contribution in [0.25, 0.3) is 0 Å². The van der Waals surface area contributed by atoms with Crippen LogP contribution in [0.15, 0.2) is 28.7 Å². The van der Waals surface area contributed by atoms with Crippen molar-refractivity contribution < 1.29 is 9.90 Å². The fraction of sp³-hybridized carbons (Fsp3) is 0.417. The monoisotopic (exact) mass is 285 g/mol. The highest BCUT2D eigenvalue weighted by atomic mass is 79.9. The molecule has 0 radical (unpaired) electrons. The van der Waals surface area contributed by atoms with E-state index in [-0.39, 0.29) is 12.5 Å². The number of aliphatic carboxylic acids is 1. The molecule has 3 N–H and O–H groups in total. The van der Waals surface area contributed by atoms with Gasteiger partial charge in [0, 0.05) is 10.5 Å². The van der Waals surface area contributed by atoms with Crippen LogP contribution in [-0.4, -0.2) is 11.1 Å². The molecule has 0 saturated heterocycles. The summed E-state index contributed by atoms with van der Waals surface area (Å²) in [7, 11) is 0. The van der Waals surface area contributed by atoms with Gasteiger partial charge in [0.15, 0.2) is 0 Å². The number of rotatable bonds is 4. The highest BCUT2D eigenvalue weighted by Crippen LogP contribution is 2.35. The summed E-state index contributed by atoms with van der Waals surface area (Å²) in [6, 6.07) is 7.37. The van der Waals surface area contributed by atoms with E-state index >= 15 is 0 Å². The largest absolute Gasteiger partial charge is 0.481 e. The molecule has 0 spiro atoms. The Morgan fingerprint density at radius 1 is 1.56 bits per heavy atom. The number of carbonyl (C=O) groups is 1. The van der Waals surface area contributed by atoms with Gasteiger partial charge in [0.2, 0.25) is 0 Å². The number of hydrogen-bond donors (Lipinski definition) is 2. The van der Waals surface area contributed by atoms with Gasteiger partial charge in [0.25, 0.3) is 0 Å². The average molecular weight is 286 g/mol. The average Bonchev–Trinajstić information content (AvgIpc) is 2.14. The van der Waals surface area contributed by atoms with Crippen molar-refractivity contribution in [2.75, 3.05) is 0 Å². The van der Waals surface area contributed by atoms with Crippen LogP contribution in [0.3, 0.4) is 0 Å². The first-order chi connectivity index (χ1) is 7.33. The van der Waals surface area contributed by atoms with E-state index in [4.69, 9.17) is 10.8 Å².